The smallest absolute Gasteiger partial charge is 0.132 e. The molecule has 4 rings (SSSR count). The van der Waals surface area contributed by atoms with E-state index in [1.165, 1.54) is 37.2 Å². The molecule has 2 aliphatic heterocycles. The largest absolute Gasteiger partial charge is 0.356 e. The van der Waals surface area contributed by atoms with Gasteiger partial charge in [0.1, 0.15) is 18.0 Å². The van der Waals surface area contributed by atoms with Gasteiger partial charge in [-0.3, -0.25) is 4.90 Å². The molecule has 0 aliphatic carbocycles. The maximum atomic E-state index is 4.85. The molecule has 4 heterocycles. The first-order valence-corrected chi connectivity index (χ1v) is 9.48. The molecule has 2 aliphatic rings. The topological polar surface area (TPSA) is 50.1 Å². The van der Waals surface area contributed by atoms with E-state index in [2.05, 4.69) is 43.6 Å². The lowest BCUT2D eigenvalue weighted by Crippen LogP contribution is -2.43. The van der Waals surface area contributed by atoms with Crippen molar-refractivity contribution in [1.29, 1.82) is 0 Å². The highest BCUT2D eigenvalue weighted by atomic mass is 15.2. The van der Waals surface area contributed by atoms with Crippen molar-refractivity contribution in [2.24, 2.45) is 0 Å². The molecule has 6 nitrogen and oxygen atoms in total. The van der Waals surface area contributed by atoms with Crippen LogP contribution in [0.4, 0.5) is 5.82 Å². The molecule has 0 bridgehead atoms. The molecule has 134 valence electrons. The van der Waals surface area contributed by atoms with Gasteiger partial charge in [0, 0.05) is 63.6 Å². The predicted octanol–water partition coefficient (Wildman–Crippen LogP) is 2.42. The number of piperidine rings is 1. The van der Waals surface area contributed by atoms with Gasteiger partial charge < -0.3 is 9.47 Å². The summed E-state index contributed by atoms with van der Waals surface area (Å²) in [5.41, 5.74) is 2.27. The van der Waals surface area contributed by atoms with Gasteiger partial charge in [-0.05, 0) is 32.6 Å². The molecule has 0 radical (unpaired) electrons. The van der Waals surface area contributed by atoms with Crippen LogP contribution in [0.25, 0.3) is 0 Å². The zero-order chi connectivity index (χ0) is 17.2. The zero-order valence-electron chi connectivity index (χ0n) is 15.4. The summed E-state index contributed by atoms with van der Waals surface area (Å²) in [4.78, 5) is 18.3. The van der Waals surface area contributed by atoms with Crippen LogP contribution in [0, 0.1) is 6.92 Å². The summed E-state index contributed by atoms with van der Waals surface area (Å²) >= 11 is 0. The van der Waals surface area contributed by atoms with Crippen molar-refractivity contribution in [2.45, 2.75) is 58.2 Å². The highest BCUT2D eigenvalue weighted by Crippen LogP contribution is 2.22. The molecule has 0 unspecified atom stereocenters. The van der Waals surface area contributed by atoms with Crippen molar-refractivity contribution >= 4 is 5.82 Å². The third-order valence-electron chi connectivity index (χ3n) is 5.60. The van der Waals surface area contributed by atoms with Gasteiger partial charge in [-0.1, -0.05) is 0 Å². The Balaban J connectivity index is 1.33. The standard InChI is InChI=1S/C19H28N6/c1-15-11-19(21-14-20-15)23(2)17-6-9-24(10-7-17)12-16-13-25-8-4-3-5-18(25)22-16/h11,13-14,17H,3-10,12H2,1-2H3. The van der Waals surface area contributed by atoms with Crippen molar-refractivity contribution in [2.75, 3.05) is 25.0 Å². The number of hydrogen-bond donors (Lipinski definition) is 0. The zero-order valence-corrected chi connectivity index (χ0v) is 15.4. The summed E-state index contributed by atoms with van der Waals surface area (Å²) in [5, 5.41) is 0. The van der Waals surface area contributed by atoms with Crippen molar-refractivity contribution < 1.29 is 0 Å². The van der Waals surface area contributed by atoms with Crippen LogP contribution in [0.2, 0.25) is 0 Å². The van der Waals surface area contributed by atoms with E-state index in [0.29, 0.717) is 6.04 Å². The minimum Gasteiger partial charge on any atom is -0.356 e. The molecule has 1 fully saturated rings. The van der Waals surface area contributed by atoms with E-state index in [0.717, 1.165) is 44.1 Å². The van der Waals surface area contributed by atoms with Crippen molar-refractivity contribution in [3.8, 4) is 0 Å². The van der Waals surface area contributed by atoms with Crippen LogP contribution in [0.15, 0.2) is 18.6 Å². The Morgan fingerprint density at radius 3 is 2.76 bits per heavy atom. The van der Waals surface area contributed by atoms with E-state index in [4.69, 9.17) is 4.98 Å². The van der Waals surface area contributed by atoms with Gasteiger partial charge in [0.25, 0.3) is 0 Å². The van der Waals surface area contributed by atoms with Crippen LogP contribution in [0.5, 0.6) is 0 Å². The van der Waals surface area contributed by atoms with Crippen LogP contribution in [0.3, 0.4) is 0 Å². The van der Waals surface area contributed by atoms with E-state index >= 15 is 0 Å². The average Bonchev–Trinajstić information content (AvgIpc) is 3.04. The fourth-order valence-electron chi connectivity index (χ4n) is 4.06. The number of aromatic nitrogens is 4. The predicted molar refractivity (Wildman–Crippen MR) is 98.6 cm³/mol. The van der Waals surface area contributed by atoms with Crippen LogP contribution < -0.4 is 4.90 Å². The van der Waals surface area contributed by atoms with Crippen LogP contribution in [0.1, 0.15) is 42.9 Å². The number of fused-ring (bicyclic) bond motifs is 1. The lowest BCUT2D eigenvalue weighted by molar-refractivity contribution is 0.201. The average molecular weight is 340 g/mol. The molecule has 0 saturated carbocycles. The Morgan fingerprint density at radius 1 is 1.16 bits per heavy atom. The molecule has 1 saturated heterocycles. The SMILES string of the molecule is Cc1cc(N(C)C2CCN(Cc3cn4c(n3)CCCC4)CC2)ncn1. The second kappa shape index (κ2) is 7.12. The number of anilines is 1. The van der Waals surface area contributed by atoms with Gasteiger partial charge in [-0.2, -0.15) is 0 Å². The van der Waals surface area contributed by atoms with Crippen LogP contribution in [-0.4, -0.2) is 50.6 Å². The quantitative estimate of drug-likeness (QED) is 0.855. The first-order valence-electron chi connectivity index (χ1n) is 9.48. The van der Waals surface area contributed by atoms with Gasteiger partial charge in [0.2, 0.25) is 0 Å². The van der Waals surface area contributed by atoms with Gasteiger partial charge in [-0.15, -0.1) is 0 Å². The first-order chi connectivity index (χ1) is 12.2. The van der Waals surface area contributed by atoms with E-state index in [-0.39, 0.29) is 0 Å². The number of rotatable bonds is 4. The number of aryl methyl sites for hydroxylation is 3. The summed E-state index contributed by atoms with van der Waals surface area (Å²) in [7, 11) is 2.16. The van der Waals surface area contributed by atoms with Gasteiger partial charge in [0.05, 0.1) is 5.69 Å². The monoisotopic (exact) mass is 340 g/mol. The number of nitrogens with zero attached hydrogens (tertiary/aromatic N) is 6. The molecule has 6 heteroatoms. The third-order valence-corrected chi connectivity index (χ3v) is 5.60. The number of imidazole rings is 1. The Kier molecular flexibility index (Phi) is 4.70. The maximum Gasteiger partial charge on any atom is 0.132 e. The summed E-state index contributed by atoms with van der Waals surface area (Å²) in [5.74, 6) is 2.32. The number of hydrogen-bond acceptors (Lipinski definition) is 5. The molecular weight excluding hydrogens is 312 g/mol. The molecule has 0 N–H and O–H groups in total. The fourth-order valence-corrected chi connectivity index (χ4v) is 4.06. The Bertz CT molecular complexity index is 693. The second-order valence-corrected chi connectivity index (χ2v) is 7.43. The minimum atomic E-state index is 0.556. The molecule has 0 aromatic carbocycles. The maximum absolute atomic E-state index is 4.85. The van der Waals surface area contributed by atoms with Crippen molar-refractivity contribution in [3.05, 3.63) is 35.8 Å². The normalized spacial score (nSPS) is 19.0. The van der Waals surface area contributed by atoms with Gasteiger partial charge >= 0.3 is 0 Å². The summed E-state index contributed by atoms with van der Waals surface area (Å²) < 4.78 is 2.36. The Morgan fingerprint density at radius 2 is 2.00 bits per heavy atom. The highest BCUT2D eigenvalue weighted by molar-refractivity contribution is 5.39. The molecule has 0 spiro atoms. The lowest BCUT2D eigenvalue weighted by Gasteiger charge is -2.37. The molecular formula is C19H28N6. The Hall–Kier alpha value is -1.95. The number of likely N-dealkylation sites (tertiary alicyclic amines) is 1. The molecule has 0 atom stereocenters. The van der Waals surface area contributed by atoms with E-state index in [9.17, 15) is 0 Å². The van der Waals surface area contributed by atoms with Gasteiger partial charge in [0.15, 0.2) is 0 Å². The molecule has 2 aromatic rings. The minimum absolute atomic E-state index is 0.556. The van der Waals surface area contributed by atoms with Crippen LogP contribution in [-0.2, 0) is 19.5 Å². The van der Waals surface area contributed by atoms with Crippen LogP contribution >= 0.6 is 0 Å². The first kappa shape index (κ1) is 16.5. The molecule has 0 amide bonds. The van der Waals surface area contributed by atoms with Gasteiger partial charge in [-0.25, -0.2) is 15.0 Å². The second-order valence-electron chi connectivity index (χ2n) is 7.43. The molecule has 2 aromatic heterocycles. The van der Waals surface area contributed by atoms with E-state index in [1.54, 1.807) is 6.33 Å². The Labute approximate surface area is 149 Å². The van der Waals surface area contributed by atoms with E-state index < -0.39 is 0 Å². The third kappa shape index (κ3) is 3.68. The van der Waals surface area contributed by atoms with E-state index in [1.807, 2.05) is 6.92 Å². The lowest BCUT2D eigenvalue weighted by atomic mass is 10.0. The van der Waals surface area contributed by atoms with Crippen molar-refractivity contribution in [3.63, 3.8) is 0 Å². The van der Waals surface area contributed by atoms with Crippen molar-refractivity contribution in [1.82, 2.24) is 24.4 Å². The highest BCUT2D eigenvalue weighted by Gasteiger charge is 2.24. The fraction of sp³-hybridized carbons (Fsp3) is 0.632. The summed E-state index contributed by atoms with van der Waals surface area (Å²) in [6.07, 6.45) is 10.0. The summed E-state index contributed by atoms with van der Waals surface area (Å²) in [6.45, 7) is 6.41. The molecule has 25 heavy (non-hydrogen) atoms. The summed E-state index contributed by atoms with van der Waals surface area (Å²) in [6, 6.07) is 2.63.